The second kappa shape index (κ2) is 11.3. The van der Waals surface area contributed by atoms with Crippen LogP contribution < -0.4 is 23.7 Å². The van der Waals surface area contributed by atoms with Gasteiger partial charge in [-0.25, -0.2) is 17.9 Å². The number of nitrogens with one attached hydrogen (secondary N) is 1. The molecule has 0 saturated carbocycles. The van der Waals surface area contributed by atoms with E-state index < -0.39 is 39.9 Å². The van der Waals surface area contributed by atoms with Gasteiger partial charge in [0.1, 0.15) is 17.8 Å². The predicted molar refractivity (Wildman–Crippen MR) is 140 cm³/mol. The first-order chi connectivity index (χ1) is 20.0. The van der Waals surface area contributed by atoms with Gasteiger partial charge in [-0.05, 0) is 60.0 Å². The minimum absolute atomic E-state index is 0.00982. The lowest BCUT2D eigenvalue weighted by molar-refractivity contribution is -0.137. The first-order valence-corrected chi connectivity index (χ1v) is 14.0. The number of halogens is 3. The smallest absolute Gasteiger partial charge is 0.416 e. The van der Waals surface area contributed by atoms with E-state index in [1.165, 1.54) is 21.3 Å². The zero-order valence-electron chi connectivity index (χ0n) is 22.6. The molecule has 2 atom stereocenters. The maximum atomic E-state index is 12.9. The molecule has 2 unspecified atom stereocenters. The largest absolute Gasteiger partial charge is 0.493 e. The average molecular weight is 610 g/mol. The van der Waals surface area contributed by atoms with Crippen molar-refractivity contribution in [2.75, 3.05) is 34.7 Å². The fraction of sp³-hybridized carbons (Fsp3) is 0.321. The Bertz CT molecular complexity index is 1610. The number of alkyl halides is 3. The first-order valence-electron chi connectivity index (χ1n) is 12.6. The lowest BCUT2D eigenvalue weighted by Crippen LogP contribution is -2.26. The van der Waals surface area contributed by atoms with Gasteiger partial charge in [0.15, 0.2) is 23.0 Å². The van der Waals surface area contributed by atoms with Crippen LogP contribution in [0.2, 0.25) is 0 Å². The van der Waals surface area contributed by atoms with Gasteiger partial charge in [-0.2, -0.15) is 13.2 Å². The van der Waals surface area contributed by atoms with Crippen molar-refractivity contribution in [1.29, 1.82) is 0 Å². The van der Waals surface area contributed by atoms with Crippen molar-refractivity contribution >= 4 is 16.0 Å². The Morgan fingerprint density at radius 2 is 1.62 bits per heavy atom. The van der Waals surface area contributed by atoms with Gasteiger partial charge in [0.2, 0.25) is 16.8 Å². The van der Waals surface area contributed by atoms with E-state index in [9.17, 15) is 26.4 Å². The summed E-state index contributed by atoms with van der Waals surface area (Å²) in [6.07, 6.45) is -5.49. The molecule has 2 heterocycles. The molecule has 3 aromatic carbocycles. The Balaban J connectivity index is 1.39. The highest BCUT2D eigenvalue weighted by Gasteiger charge is 2.46. The second-order valence-electron chi connectivity index (χ2n) is 9.31. The van der Waals surface area contributed by atoms with Crippen molar-refractivity contribution in [2.45, 2.75) is 29.7 Å². The normalized spacial score (nSPS) is 17.6. The molecule has 0 spiro atoms. The van der Waals surface area contributed by atoms with Crippen LogP contribution in [0.25, 0.3) is 0 Å². The molecule has 3 aromatic rings. The summed E-state index contributed by atoms with van der Waals surface area (Å²) in [7, 11) is 0.00636. The van der Waals surface area contributed by atoms with Gasteiger partial charge >= 0.3 is 12.1 Å². The molecule has 42 heavy (non-hydrogen) atoms. The number of benzene rings is 3. The van der Waals surface area contributed by atoms with Crippen molar-refractivity contribution < 1.29 is 54.8 Å². The van der Waals surface area contributed by atoms with Crippen molar-refractivity contribution in [3.63, 3.8) is 0 Å². The molecule has 0 bridgehead atoms. The number of methoxy groups -OCH3 is 3. The maximum Gasteiger partial charge on any atom is 0.416 e. The van der Waals surface area contributed by atoms with Crippen LogP contribution in [0.3, 0.4) is 0 Å². The molecule has 2 aliphatic rings. The SMILES string of the molecule is COC(=O)c1c(C2OC2c2cc3c(cc2CCNS(=O)(=O)c2ccc(C(F)(F)F)cc2)OCO3)ccc(OC)c1OC. The number of carbonyl (C=O) groups excluding carboxylic acids is 1. The minimum Gasteiger partial charge on any atom is -0.493 e. The molecule has 10 nitrogen and oxygen atoms in total. The molecular formula is C28H26F3NO9S. The second-order valence-corrected chi connectivity index (χ2v) is 11.1. The summed E-state index contributed by atoms with van der Waals surface area (Å²) in [6.45, 7) is -0.0624. The first kappa shape index (κ1) is 29.5. The van der Waals surface area contributed by atoms with E-state index in [1.54, 1.807) is 24.3 Å². The highest BCUT2D eigenvalue weighted by Crippen LogP contribution is 2.56. The lowest BCUT2D eigenvalue weighted by atomic mass is 9.94. The molecule has 0 amide bonds. The monoisotopic (exact) mass is 609 g/mol. The Morgan fingerprint density at radius 3 is 2.24 bits per heavy atom. The lowest BCUT2D eigenvalue weighted by Gasteiger charge is -2.15. The molecule has 0 aromatic heterocycles. The van der Waals surface area contributed by atoms with Gasteiger partial charge in [0.25, 0.3) is 0 Å². The number of hydrogen-bond acceptors (Lipinski definition) is 9. The molecule has 1 fully saturated rings. The van der Waals surface area contributed by atoms with E-state index in [0.717, 1.165) is 12.1 Å². The van der Waals surface area contributed by atoms with Gasteiger partial charge in [0, 0.05) is 12.1 Å². The van der Waals surface area contributed by atoms with Crippen LogP contribution in [0, 0.1) is 0 Å². The van der Waals surface area contributed by atoms with E-state index in [-0.39, 0.29) is 36.0 Å². The van der Waals surface area contributed by atoms with Gasteiger partial charge in [-0.3, -0.25) is 0 Å². The number of carbonyl (C=O) groups is 1. The van der Waals surface area contributed by atoms with Crippen LogP contribution in [-0.2, 0) is 32.1 Å². The summed E-state index contributed by atoms with van der Waals surface area (Å²) in [5, 5.41) is 0. The number of rotatable bonds is 10. The third kappa shape index (κ3) is 5.69. The van der Waals surface area contributed by atoms with Crippen LogP contribution in [0.1, 0.15) is 44.8 Å². The van der Waals surface area contributed by atoms with E-state index in [0.29, 0.717) is 46.1 Å². The molecule has 5 rings (SSSR count). The highest BCUT2D eigenvalue weighted by molar-refractivity contribution is 7.89. The van der Waals surface area contributed by atoms with Crippen molar-refractivity contribution in [3.8, 4) is 23.0 Å². The van der Waals surface area contributed by atoms with Crippen molar-refractivity contribution in [3.05, 3.63) is 76.3 Å². The minimum atomic E-state index is -4.58. The van der Waals surface area contributed by atoms with Gasteiger partial charge < -0.3 is 28.4 Å². The van der Waals surface area contributed by atoms with Gasteiger partial charge in [-0.1, -0.05) is 6.07 Å². The van der Waals surface area contributed by atoms with Gasteiger partial charge in [-0.15, -0.1) is 0 Å². The van der Waals surface area contributed by atoms with Crippen molar-refractivity contribution in [1.82, 2.24) is 4.72 Å². The predicted octanol–water partition coefficient (Wildman–Crippen LogP) is 4.57. The van der Waals surface area contributed by atoms with E-state index in [4.69, 9.17) is 28.4 Å². The van der Waals surface area contributed by atoms with Crippen LogP contribution in [0.5, 0.6) is 23.0 Å². The maximum absolute atomic E-state index is 12.9. The highest BCUT2D eigenvalue weighted by atomic mass is 32.2. The fourth-order valence-corrected chi connectivity index (χ4v) is 5.82. The van der Waals surface area contributed by atoms with Crippen LogP contribution >= 0.6 is 0 Å². The third-order valence-electron chi connectivity index (χ3n) is 6.88. The number of esters is 1. The van der Waals surface area contributed by atoms with Crippen LogP contribution in [-0.4, -0.2) is 49.1 Å². The zero-order valence-corrected chi connectivity index (χ0v) is 23.4. The summed E-state index contributed by atoms with van der Waals surface area (Å²) in [4.78, 5) is 12.4. The molecule has 0 aliphatic carbocycles. The summed E-state index contributed by atoms with van der Waals surface area (Å²) in [6, 6.07) is 10.0. The summed E-state index contributed by atoms with van der Waals surface area (Å²) < 4.78 is 99.3. The van der Waals surface area contributed by atoms with Gasteiger partial charge in [0.05, 0.1) is 31.8 Å². The van der Waals surface area contributed by atoms with E-state index >= 15 is 0 Å². The molecule has 1 saturated heterocycles. The summed E-state index contributed by atoms with van der Waals surface area (Å²) in [5.74, 6) is 0.841. The Kier molecular flexibility index (Phi) is 7.96. The van der Waals surface area contributed by atoms with Crippen molar-refractivity contribution in [2.24, 2.45) is 0 Å². The summed E-state index contributed by atoms with van der Waals surface area (Å²) in [5.41, 5.74) is 1.08. The molecule has 2 aliphatic heterocycles. The zero-order chi connectivity index (χ0) is 30.2. The van der Waals surface area contributed by atoms with Crippen LogP contribution in [0.4, 0.5) is 13.2 Å². The Hall–Kier alpha value is -4.01. The quantitative estimate of drug-likeness (QED) is 0.260. The number of sulfonamides is 1. The molecule has 224 valence electrons. The molecular weight excluding hydrogens is 583 g/mol. The number of epoxide rings is 1. The average Bonchev–Trinajstić information content (AvgIpc) is 3.63. The number of ether oxygens (including phenoxy) is 6. The summed E-state index contributed by atoms with van der Waals surface area (Å²) >= 11 is 0. The molecule has 0 radical (unpaired) electrons. The third-order valence-corrected chi connectivity index (χ3v) is 8.36. The fourth-order valence-electron chi connectivity index (χ4n) is 4.78. The molecule has 14 heteroatoms. The Morgan fingerprint density at radius 1 is 0.952 bits per heavy atom. The Labute approximate surface area is 239 Å². The topological polar surface area (TPSA) is 122 Å². The van der Waals surface area contributed by atoms with E-state index in [2.05, 4.69) is 4.72 Å². The van der Waals surface area contributed by atoms with E-state index in [1.807, 2.05) is 0 Å². The van der Waals surface area contributed by atoms with Crippen LogP contribution in [0.15, 0.2) is 53.4 Å². The molecule has 1 N–H and O–H groups in total. The standard InChI is InChI=1S/C28H26F3NO9S/c1-36-20-9-8-18(23(26(20)37-2)27(33)38-3)24-25(41-24)19-13-22-21(39-14-40-22)12-15(19)10-11-32-42(34,35)17-6-4-16(5-7-17)28(29,30)31/h4-9,12-13,24-25,32H,10-11,14H2,1-3H3. The number of hydrogen-bond donors (Lipinski definition) is 1. The number of fused-ring (bicyclic) bond motifs is 1.